The van der Waals surface area contributed by atoms with Gasteiger partial charge in [-0.15, -0.1) is 12.4 Å². The summed E-state index contributed by atoms with van der Waals surface area (Å²) in [4.78, 5) is 25.6. The third-order valence-electron chi connectivity index (χ3n) is 5.93. The van der Waals surface area contributed by atoms with Crippen molar-refractivity contribution in [2.24, 2.45) is 5.92 Å². The molecule has 0 amide bonds. The third-order valence-corrected chi connectivity index (χ3v) is 5.93. The largest absolute Gasteiger partial charge is 0.492 e. The van der Waals surface area contributed by atoms with E-state index in [1.807, 2.05) is 0 Å². The Bertz CT molecular complexity index is 1080. The van der Waals surface area contributed by atoms with Crippen LogP contribution in [0.15, 0.2) is 17.1 Å². The Morgan fingerprint density at radius 3 is 2.66 bits per heavy atom. The summed E-state index contributed by atoms with van der Waals surface area (Å²) in [6.07, 6.45) is 2.00. The number of alkyl halides is 2. The smallest absolute Gasteiger partial charge is 0.341 e. The van der Waals surface area contributed by atoms with Crippen LogP contribution in [0.5, 0.6) is 5.75 Å². The van der Waals surface area contributed by atoms with Gasteiger partial charge in [0.25, 0.3) is 0 Å². The van der Waals surface area contributed by atoms with Crippen molar-refractivity contribution < 1.29 is 27.8 Å². The number of pyridine rings is 1. The number of hydrogen-bond donors (Lipinski definition) is 2. The van der Waals surface area contributed by atoms with Crippen molar-refractivity contribution in [3.05, 3.63) is 33.9 Å². The van der Waals surface area contributed by atoms with Crippen LogP contribution in [0.4, 0.5) is 18.9 Å². The molecular weight excluding hydrogens is 451 g/mol. The first-order valence-corrected chi connectivity index (χ1v) is 10.2. The fourth-order valence-electron chi connectivity index (χ4n) is 4.21. The lowest BCUT2D eigenvalue weighted by atomic mass is 10.1. The molecule has 0 bridgehead atoms. The Kier molecular flexibility index (Phi) is 7.24. The molecule has 2 N–H and O–H groups in total. The second-order valence-electron chi connectivity index (χ2n) is 8.06. The van der Waals surface area contributed by atoms with Crippen molar-refractivity contribution in [3.8, 4) is 5.75 Å². The number of methoxy groups -OCH3 is 1. The summed E-state index contributed by atoms with van der Waals surface area (Å²) in [5.74, 6) is -2.68. The SMILES string of the molecule is COc1c(N2C[C@H](CNC3CC3)[C@H](F)C2)c(F)cc2c(=O)c(C(=O)O)cn(CCF)c12.Cl. The van der Waals surface area contributed by atoms with Crippen LogP contribution in [0.3, 0.4) is 0 Å². The molecule has 2 aliphatic rings. The van der Waals surface area contributed by atoms with Crippen molar-refractivity contribution in [1.29, 1.82) is 0 Å². The summed E-state index contributed by atoms with van der Waals surface area (Å²) in [7, 11) is 1.28. The van der Waals surface area contributed by atoms with E-state index in [0.29, 0.717) is 12.6 Å². The van der Waals surface area contributed by atoms with E-state index in [1.165, 1.54) is 16.6 Å². The molecule has 11 heteroatoms. The van der Waals surface area contributed by atoms with Gasteiger partial charge in [0.05, 0.1) is 24.6 Å². The van der Waals surface area contributed by atoms with Crippen LogP contribution >= 0.6 is 12.4 Å². The van der Waals surface area contributed by atoms with Crippen LogP contribution in [0, 0.1) is 11.7 Å². The van der Waals surface area contributed by atoms with Gasteiger partial charge in [0.15, 0.2) is 11.6 Å². The summed E-state index contributed by atoms with van der Waals surface area (Å²) < 4.78 is 49.7. The maximum Gasteiger partial charge on any atom is 0.341 e. The highest BCUT2D eigenvalue weighted by atomic mass is 35.5. The monoisotopic (exact) mass is 475 g/mol. The van der Waals surface area contributed by atoms with Crippen molar-refractivity contribution in [2.75, 3.05) is 38.3 Å². The van der Waals surface area contributed by atoms with Gasteiger partial charge in [0, 0.05) is 37.8 Å². The first-order chi connectivity index (χ1) is 14.8. The van der Waals surface area contributed by atoms with Gasteiger partial charge in [-0.2, -0.15) is 0 Å². The number of aromatic nitrogens is 1. The average Bonchev–Trinajstić information content (AvgIpc) is 3.49. The van der Waals surface area contributed by atoms with E-state index < -0.39 is 35.6 Å². The number of carboxylic acids is 1. The zero-order chi connectivity index (χ0) is 22.3. The number of carboxylic acid groups (broad SMARTS) is 1. The summed E-state index contributed by atoms with van der Waals surface area (Å²) in [6.45, 7) is -0.402. The lowest BCUT2D eigenvalue weighted by Gasteiger charge is -2.24. The number of hydrogen-bond acceptors (Lipinski definition) is 5. The molecule has 7 nitrogen and oxygen atoms in total. The Labute approximate surface area is 188 Å². The second kappa shape index (κ2) is 9.58. The lowest BCUT2D eigenvalue weighted by molar-refractivity contribution is 0.0694. The minimum atomic E-state index is -1.49. The molecule has 2 aromatic rings. The highest BCUT2D eigenvalue weighted by Crippen LogP contribution is 2.40. The van der Waals surface area contributed by atoms with Gasteiger partial charge in [-0.05, 0) is 18.9 Å². The molecule has 2 atom stereocenters. The van der Waals surface area contributed by atoms with Gasteiger partial charge < -0.3 is 24.6 Å². The highest BCUT2D eigenvalue weighted by Gasteiger charge is 2.37. The zero-order valence-corrected chi connectivity index (χ0v) is 18.3. The number of benzene rings is 1. The van der Waals surface area contributed by atoms with Gasteiger partial charge in [-0.3, -0.25) is 4.79 Å². The van der Waals surface area contributed by atoms with Crippen LogP contribution in [0.2, 0.25) is 0 Å². The van der Waals surface area contributed by atoms with Crippen LogP contribution in [-0.2, 0) is 6.54 Å². The van der Waals surface area contributed by atoms with Gasteiger partial charge in [-0.25, -0.2) is 18.0 Å². The predicted octanol–water partition coefficient (Wildman–Crippen LogP) is 2.77. The average molecular weight is 476 g/mol. The van der Waals surface area contributed by atoms with Crippen molar-refractivity contribution >= 4 is 35.0 Å². The first kappa shape index (κ1) is 24.2. The van der Waals surface area contributed by atoms with E-state index in [2.05, 4.69) is 5.32 Å². The van der Waals surface area contributed by atoms with Crippen LogP contribution in [0.25, 0.3) is 10.9 Å². The molecule has 176 valence electrons. The van der Waals surface area contributed by atoms with Crippen LogP contribution in [-0.4, -0.2) is 61.3 Å². The Morgan fingerprint density at radius 1 is 1.34 bits per heavy atom. The van der Waals surface area contributed by atoms with Crippen molar-refractivity contribution in [2.45, 2.75) is 31.6 Å². The summed E-state index contributed by atoms with van der Waals surface area (Å²) in [5.41, 5.74) is -1.41. The first-order valence-electron chi connectivity index (χ1n) is 10.2. The number of fused-ring (bicyclic) bond motifs is 1. The minimum absolute atomic E-state index is 0. The molecule has 1 saturated carbocycles. The lowest BCUT2D eigenvalue weighted by Crippen LogP contribution is -2.30. The molecule has 32 heavy (non-hydrogen) atoms. The van der Waals surface area contributed by atoms with E-state index in [-0.39, 0.29) is 60.3 Å². The van der Waals surface area contributed by atoms with E-state index in [4.69, 9.17) is 4.74 Å². The Balaban J connectivity index is 0.00000289. The maximum atomic E-state index is 15.2. The fraction of sp³-hybridized carbons (Fsp3) is 0.524. The number of carbonyl (C=O) groups is 1. The molecular formula is C21H25ClF3N3O4. The number of nitrogens with one attached hydrogen (secondary N) is 1. The quantitative estimate of drug-likeness (QED) is 0.611. The topological polar surface area (TPSA) is 83.8 Å². The number of aryl methyl sites for hydroxylation is 1. The highest BCUT2D eigenvalue weighted by molar-refractivity contribution is 5.97. The van der Waals surface area contributed by atoms with Crippen molar-refractivity contribution in [1.82, 2.24) is 9.88 Å². The van der Waals surface area contributed by atoms with E-state index in [0.717, 1.165) is 25.1 Å². The van der Waals surface area contributed by atoms with Gasteiger partial charge >= 0.3 is 5.97 Å². The molecule has 2 fully saturated rings. The normalized spacial score (nSPS) is 20.4. The van der Waals surface area contributed by atoms with Crippen molar-refractivity contribution in [3.63, 3.8) is 0 Å². The maximum absolute atomic E-state index is 15.2. The number of rotatable bonds is 8. The molecule has 0 spiro atoms. The molecule has 2 heterocycles. The number of nitrogens with zero attached hydrogens (tertiary/aromatic N) is 2. The standard InChI is InChI=1S/C21H24F3N3O4.ClH/c1-31-20-17-13(19(28)14(21(29)30)9-26(17)5-4-22)6-15(23)18(20)27-8-11(16(24)10-27)7-25-12-2-3-12;/h6,9,11-12,16,25H,2-5,7-8,10H2,1H3,(H,29,30);1H/t11-,16+;/m0./s1. The zero-order valence-electron chi connectivity index (χ0n) is 17.4. The van der Waals surface area contributed by atoms with Gasteiger partial charge in [-0.1, -0.05) is 0 Å². The summed E-state index contributed by atoms with van der Waals surface area (Å²) in [5, 5.41) is 12.4. The molecule has 1 saturated heterocycles. The molecule has 0 unspecified atom stereocenters. The fourth-order valence-corrected chi connectivity index (χ4v) is 4.21. The number of anilines is 1. The summed E-state index contributed by atoms with van der Waals surface area (Å²) in [6, 6.07) is 1.35. The number of ether oxygens (including phenoxy) is 1. The molecule has 1 aliphatic carbocycles. The molecule has 1 aromatic carbocycles. The molecule has 1 aliphatic heterocycles. The van der Waals surface area contributed by atoms with E-state index >= 15 is 4.39 Å². The van der Waals surface area contributed by atoms with Gasteiger partial charge in [0.2, 0.25) is 5.43 Å². The number of aromatic carboxylic acids is 1. The van der Waals surface area contributed by atoms with Crippen LogP contribution in [0.1, 0.15) is 23.2 Å². The molecule has 1 aromatic heterocycles. The minimum Gasteiger partial charge on any atom is -0.492 e. The second-order valence-corrected chi connectivity index (χ2v) is 8.06. The molecule has 0 radical (unpaired) electrons. The van der Waals surface area contributed by atoms with Gasteiger partial charge in [0.1, 0.15) is 24.1 Å². The Hall–Kier alpha value is -2.46. The third kappa shape index (κ3) is 4.38. The predicted molar refractivity (Wildman–Crippen MR) is 117 cm³/mol. The van der Waals surface area contributed by atoms with E-state index in [1.54, 1.807) is 0 Å². The van der Waals surface area contributed by atoms with E-state index in [9.17, 15) is 23.5 Å². The molecule has 4 rings (SSSR count). The number of halogens is 4. The van der Waals surface area contributed by atoms with Crippen LogP contribution < -0.4 is 20.4 Å². The summed E-state index contributed by atoms with van der Waals surface area (Å²) >= 11 is 0. The Morgan fingerprint density at radius 2 is 2.06 bits per heavy atom.